The van der Waals surface area contributed by atoms with Crippen LogP contribution in [0.5, 0.6) is 5.75 Å². The first kappa shape index (κ1) is 25.3. The fraction of sp³-hybridized carbons (Fsp3) is 0.458. The molecule has 1 amide bonds. The average molecular weight is 466 g/mol. The first-order valence-corrected chi connectivity index (χ1v) is 11.7. The van der Waals surface area contributed by atoms with Crippen molar-refractivity contribution in [3.05, 3.63) is 52.0 Å². The number of aryl methyl sites for hydroxylation is 1. The zero-order chi connectivity index (χ0) is 22.6. The topological polar surface area (TPSA) is 44.8 Å². The van der Waals surface area contributed by atoms with Crippen LogP contribution in [0.1, 0.15) is 32.3 Å². The largest absolute Gasteiger partial charge is 0.494 e. The van der Waals surface area contributed by atoms with Gasteiger partial charge in [0.15, 0.2) is 0 Å². The Balaban J connectivity index is 0.00000166. The summed E-state index contributed by atoms with van der Waals surface area (Å²) in [5.41, 5.74) is 2.83. The highest BCUT2D eigenvalue weighted by Gasteiger charge is 2.19. The summed E-state index contributed by atoms with van der Waals surface area (Å²) < 4.78 is 5.83. The normalized spacial score (nSPS) is 13.9. The Morgan fingerprint density at radius 3 is 2.52 bits per heavy atom. The molecule has 0 spiro atoms. The summed E-state index contributed by atoms with van der Waals surface area (Å²) >= 11 is 12.5. The van der Waals surface area contributed by atoms with Crippen molar-refractivity contribution >= 4 is 41.0 Å². The predicted molar refractivity (Wildman–Crippen MR) is 132 cm³/mol. The van der Waals surface area contributed by atoms with Crippen LogP contribution in [0.3, 0.4) is 0 Å². The summed E-state index contributed by atoms with van der Waals surface area (Å²) in [6.07, 6.45) is 2.76. The number of ether oxygens (including phenoxy) is 1. The molecule has 1 saturated heterocycles. The molecule has 31 heavy (non-hydrogen) atoms. The van der Waals surface area contributed by atoms with Gasteiger partial charge in [-0.2, -0.15) is 0 Å². The third-order valence-corrected chi connectivity index (χ3v) is 6.01. The van der Waals surface area contributed by atoms with Crippen molar-refractivity contribution in [3.8, 4) is 5.75 Å². The Morgan fingerprint density at radius 1 is 1.06 bits per heavy atom. The van der Waals surface area contributed by atoms with Crippen LogP contribution < -0.4 is 15.0 Å². The van der Waals surface area contributed by atoms with Gasteiger partial charge in [0.1, 0.15) is 5.75 Å². The number of hydrogen-bond donors (Lipinski definition) is 1. The van der Waals surface area contributed by atoms with Crippen LogP contribution in [-0.4, -0.2) is 50.6 Å². The van der Waals surface area contributed by atoms with Crippen molar-refractivity contribution in [2.24, 2.45) is 0 Å². The van der Waals surface area contributed by atoms with E-state index >= 15 is 0 Å². The van der Waals surface area contributed by atoms with Gasteiger partial charge in [-0.05, 0) is 50.1 Å². The second kappa shape index (κ2) is 13.5. The standard InChI is InChI=1S/C22H27Cl2N3O2.C2H6/c1-17-7-8-18(15-20(17)25-16-28)29-14-3-2-9-26-10-12-27(13-11-26)21-6-4-5-19(23)22(21)24;1-2/h4-8,15-16H,2-3,9-14H2,1H3,(H,25,28);1-2H3. The Labute approximate surface area is 196 Å². The van der Waals surface area contributed by atoms with Gasteiger partial charge in [-0.1, -0.05) is 49.2 Å². The van der Waals surface area contributed by atoms with Gasteiger partial charge >= 0.3 is 0 Å². The molecule has 1 aliphatic heterocycles. The van der Waals surface area contributed by atoms with E-state index in [1.54, 1.807) is 0 Å². The molecule has 0 atom stereocenters. The van der Waals surface area contributed by atoms with E-state index in [0.717, 1.165) is 68.3 Å². The number of carbonyl (C=O) groups excluding carboxylic acids is 1. The summed E-state index contributed by atoms with van der Waals surface area (Å²) in [5, 5.41) is 3.94. The van der Waals surface area contributed by atoms with Crippen LogP contribution in [0, 0.1) is 6.92 Å². The molecule has 2 aromatic carbocycles. The minimum atomic E-state index is 0.606. The molecule has 0 saturated carbocycles. The van der Waals surface area contributed by atoms with Gasteiger partial charge in [-0.3, -0.25) is 9.69 Å². The smallest absolute Gasteiger partial charge is 0.211 e. The highest BCUT2D eigenvalue weighted by atomic mass is 35.5. The van der Waals surface area contributed by atoms with Crippen LogP contribution in [0.15, 0.2) is 36.4 Å². The first-order chi connectivity index (χ1) is 15.1. The zero-order valence-electron chi connectivity index (χ0n) is 18.7. The highest BCUT2D eigenvalue weighted by Crippen LogP contribution is 2.32. The number of hydrogen-bond acceptors (Lipinski definition) is 4. The van der Waals surface area contributed by atoms with E-state index in [0.29, 0.717) is 23.1 Å². The van der Waals surface area contributed by atoms with E-state index in [1.807, 2.05) is 57.2 Å². The Bertz CT molecular complexity index is 824. The molecule has 7 heteroatoms. The Hall–Kier alpha value is -1.95. The molecule has 0 unspecified atom stereocenters. The first-order valence-electron chi connectivity index (χ1n) is 10.9. The second-order valence-electron chi connectivity index (χ2n) is 7.20. The van der Waals surface area contributed by atoms with Crippen LogP contribution in [0.25, 0.3) is 0 Å². The molecular formula is C24H33Cl2N3O2. The molecule has 1 aliphatic rings. The Kier molecular flexibility index (Phi) is 11.0. The number of unbranched alkanes of at least 4 members (excludes halogenated alkanes) is 1. The summed E-state index contributed by atoms with van der Waals surface area (Å²) in [5.74, 6) is 0.784. The van der Waals surface area contributed by atoms with E-state index < -0.39 is 0 Å². The Morgan fingerprint density at radius 2 is 1.81 bits per heavy atom. The van der Waals surface area contributed by atoms with Gasteiger partial charge < -0.3 is 15.0 Å². The SMILES string of the molecule is CC.Cc1ccc(OCCCCN2CCN(c3cccc(Cl)c3Cl)CC2)cc1NC=O. The molecule has 170 valence electrons. The zero-order valence-corrected chi connectivity index (χ0v) is 20.2. The average Bonchev–Trinajstić information content (AvgIpc) is 2.79. The molecule has 5 nitrogen and oxygen atoms in total. The minimum Gasteiger partial charge on any atom is -0.494 e. The molecule has 3 rings (SSSR count). The monoisotopic (exact) mass is 465 g/mol. The summed E-state index contributed by atoms with van der Waals surface area (Å²) in [7, 11) is 0. The number of rotatable bonds is 9. The van der Waals surface area contributed by atoms with Gasteiger partial charge in [0.2, 0.25) is 6.41 Å². The van der Waals surface area contributed by atoms with Gasteiger partial charge in [-0.25, -0.2) is 0 Å². The van der Waals surface area contributed by atoms with Gasteiger partial charge in [0.05, 0.1) is 22.3 Å². The van der Waals surface area contributed by atoms with Crippen molar-refractivity contribution in [1.29, 1.82) is 0 Å². The molecule has 1 N–H and O–H groups in total. The molecule has 0 bridgehead atoms. The van der Waals surface area contributed by atoms with Crippen LogP contribution in [0.2, 0.25) is 10.0 Å². The summed E-state index contributed by atoms with van der Waals surface area (Å²) in [6.45, 7) is 11.6. The number of anilines is 2. The fourth-order valence-corrected chi connectivity index (χ4v) is 3.90. The van der Waals surface area contributed by atoms with Crippen molar-refractivity contribution in [3.63, 3.8) is 0 Å². The molecular weight excluding hydrogens is 433 g/mol. The van der Waals surface area contributed by atoms with Crippen molar-refractivity contribution < 1.29 is 9.53 Å². The molecule has 1 heterocycles. The van der Waals surface area contributed by atoms with Crippen molar-refractivity contribution in [1.82, 2.24) is 4.90 Å². The van der Waals surface area contributed by atoms with E-state index in [2.05, 4.69) is 15.1 Å². The number of carbonyl (C=O) groups is 1. The number of amides is 1. The number of nitrogens with zero attached hydrogens (tertiary/aromatic N) is 2. The third-order valence-electron chi connectivity index (χ3n) is 5.21. The number of nitrogens with one attached hydrogen (secondary N) is 1. The maximum Gasteiger partial charge on any atom is 0.211 e. The lowest BCUT2D eigenvalue weighted by molar-refractivity contribution is -0.105. The van der Waals surface area contributed by atoms with E-state index in [1.165, 1.54) is 0 Å². The fourth-order valence-electron chi connectivity index (χ4n) is 3.49. The number of halogens is 2. The second-order valence-corrected chi connectivity index (χ2v) is 7.98. The lowest BCUT2D eigenvalue weighted by Gasteiger charge is -2.36. The quantitative estimate of drug-likeness (QED) is 0.371. The maximum atomic E-state index is 10.6. The lowest BCUT2D eigenvalue weighted by Crippen LogP contribution is -2.46. The number of benzene rings is 2. The predicted octanol–water partition coefficient (Wildman–Crippen LogP) is 5.88. The minimum absolute atomic E-state index is 0.606. The van der Waals surface area contributed by atoms with Crippen LogP contribution in [-0.2, 0) is 4.79 Å². The molecule has 1 fully saturated rings. The molecule has 2 aromatic rings. The highest BCUT2D eigenvalue weighted by molar-refractivity contribution is 6.43. The van der Waals surface area contributed by atoms with Crippen molar-refractivity contribution in [2.75, 3.05) is 49.5 Å². The van der Waals surface area contributed by atoms with Crippen LogP contribution >= 0.6 is 23.2 Å². The number of piperazine rings is 1. The van der Waals surface area contributed by atoms with Gasteiger partial charge in [-0.15, -0.1) is 0 Å². The molecule has 0 radical (unpaired) electrons. The van der Waals surface area contributed by atoms with Gasteiger partial charge in [0, 0.05) is 37.9 Å². The van der Waals surface area contributed by atoms with E-state index in [-0.39, 0.29) is 0 Å². The van der Waals surface area contributed by atoms with E-state index in [4.69, 9.17) is 27.9 Å². The van der Waals surface area contributed by atoms with Crippen LogP contribution in [0.4, 0.5) is 11.4 Å². The summed E-state index contributed by atoms with van der Waals surface area (Å²) in [6, 6.07) is 11.6. The molecule has 0 aromatic heterocycles. The maximum absolute atomic E-state index is 10.6. The van der Waals surface area contributed by atoms with E-state index in [9.17, 15) is 4.79 Å². The third kappa shape index (κ3) is 7.60. The molecule has 0 aliphatic carbocycles. The summed E-state index contributed by atoms with van der Waals surface area (Å²) in [4.78, 5) is 15.4. The lowest BCUT2D eigenvalue weighted by atomic mass is 10.2. The van der Waals surface area contributed by atoms with Crippen molar-refractivity contribution in [2.45, 2.75) is 33.6 Å². The van der Waals surface area contributed by atoms with Gasteiger partial charge in [0.25, 0.3) is 0 Å².